The Kier molecular flexibility index (Phi) is 9.38. The molecule has 0 heterocycles. The number of hydrogen-bond donors (Lipinski definition) is 2. The summed E-state index contributed by atoms with van der Waals surface area (Å²) in [5.74, 6) is 1.76. The molecule has 0 spiro atoms. The molecule has 0 aliphatic carbocycles. The van der Waals surface area contributed by atoms with Crippen molar-refractivity contribution < 1.29 is 4.74 Å². The fraction of sp³-hybridized carbons (Fsp3) is 0.500. The van der Waals surface area contributed by atoms with Crippen LogP contribution in [0.5, 0.6) is 5.75 Å². The highest BCUT2D eigenvalue weighted by atomic mass is 127. The van der Waals surface area contributed by atoms with Crippen LogP contribution in [0.1, 0.15) is 24.5 Å². The number of rotatable bonds is 5. The Labute approximate surface area is 133 Å². The number of aliphatic imine (C=N–C) groups is 1. The zero-order valence-corrected chi connectivity index (χ0v) is 14.4. The summed E-state index contributed by atoms with van der Waals surface area (Å²) in [7, 11) is 3.47. The van der Waals surface area contributed by atoms with Crippen LogP contribution in [-0.4, -0.2) is 26.7 Å². The third kappa shape index (κ3) is 6.13. The molecule has 108 valence electrons. The van der Waals surface area contributed by atoms with Crippen LogP contribution in [0.4, 0.5) is 0 Å². The normalized spacial score (nSPS) is 10.6. The summed E-state index contributed by atoms with van der Waals surface area (Å²) in [5.41, 5.74) is 2.36. The lowest BCUT2D eigenvalue weighted by Gasteiger charge is -2.12. The topological polar surface area (TPSA) is 45.7 Å². The second kappa shape index (κ2) is 9.89. The number of nitrogens with one attached hydrogen (secondary N) is 2. The molecule has 4 nitrogen and oxygen atoms in total. The third-order valence-corrected chi connectivity index (χ3v) is 2.69. The Bertz CT molecular complexity index is 408. The standard InChI is InChI=1S/C14H23N3O.HI/c1-5-8-16-14(15-3)17-10-12-6-7-13(18-4)11(2)9-12;/h6-7,9H,5,8,10H2,1-4H3,(H2,15,16,17);1H. The van der Waals surface area contributed by atoms with Crippen LogP contribution >= 0.6 is 24.0 Å². The van der Waals surface area contributed by atoms with Crippen LogP contribution in [0.3, 0.4) is 0 Å². The highest BCUT2D eigenvalue weighted by molar-refractivity contribution is 14.0. The number of hydrogen-bond acceptors (Lipinski definition) is 2. The first-order valence-electron chi connectivity index (χ1n) is 6.29. The average Bonchev–Trinajstić information content (AvgIpc) is 2.39. The van der Waals surface area contributed by atoms with Gasteiger partial charge in [0.2, 0.25) is 0 Å². The highest BCUT2D eigenvalue weighted by Gasteiger charge is 2.01. The summed E-state index contributed by atoms with van der Waals surface area (Å²) >= 11 is 0. The molecular weight excluding hydrogens is 353 g/mol. The van der Waals surface area contributed by atoms with E-state index in [4.69, 9.17) is 4.74 Å². The Hall–Kier alpha value is -0.980. The fourth-order valence-electron chi connectivity index (χ4n) is 1.70. The van der Waals surface area contributed by atoms with Gasteiger partial charge in [-0.3, -0.25) is 4.99 Å². The Morgan fingerprint density at radius 2 is 2.05 bits per heavy atom. The fourth-order valence-corrected chi connectivity index (χ4v) is 1.70. The molecule has 1 rings (SSSR count). The summed E-state index contributed by atoms with van der Waals surface area (Å²) in [6, 6.07) is 6.18. The van der Waals surface area contributed by atoms with Crippen molar-refractivity contribution in [2.24, 2.45) is 4.99 Å². The van der Waals surface area contributed by atoms with Gasteiger partial charge >= 0.3 is 0 Å². The van der Waals surface area contributed by atoms with E-state index in [1.807, 2.05) is 13.0 Å². The average molecular weight is 377 g/mol. The van der Waals surface area contributed by atoms with Crippen LogP contribution in [0.2, 0.25) is 0 Å². The van der Waals surface area contributed by atoms with Gasteiger partial charge < -0.3 is 15.4 Å². The van der Waals surface area contributed by atoms with E-state index < -0.39 is 0 Å². The van der Waals surface area contributed by atoms with E-state index in [1.54, 1.807) is 14.2 Å². The number of ether oxygens (including phenoxy) is 1. The van der Waals surface area contributed by atoms with Gasteiger partial charge in [0.25, 0.3) is 0 Å². The van der Waals surface area contributed by atoms with Crippen LogP contribution in [-0.2, 0) is 6.54 Å². The van der Waals surface area contributed by atoms with Crippen molar-refractivity contribution in [1.82, 2.24) is 10.6 Å². The first-order chi connectivity index (χ1) is 8.71. The second-order valence-electron chi connectivity index (χ2n) is 4.16. The molecule has 0 aliphatic heterocycles. The van der Waals surface area contributed by atoms with Crippen LogP contribution < -0.4 is 15.4 Å². The lowest BCUT2D eigenvalue weighted by molar-refractivity contribution is 0.411. The summed E-state index contributed by atoms with van der Waals surface area (Å²) < 4.78 is 5.24. The molecule has 0 bridgehead atoms. The van der Waals surface area contributed by atoms with E-state index in [0.717, 1.165) is 36.8 Å². The molecule has 1 aromatic rings. The van der Waals surface area contributed by atoms with Crippen molar-refractivity contribution in [2.45, 2.75) is 26.8 Å². The summed E-state index contributed by atoms with van der Waals surface area (Å²) in [6.45, 7) is 5.87. The van der Waals surface area contributed by atoms with Crippen molar-refractivity contribution >= 4 is 29.9 Å². The van der Waals surface area contributed by atoms with E-state index in [1.165, 1.54) is 5.56 Å². The predicted octanol–water partition coefficient (Wildman–Crippen LogP) is 2.70. The van der Waals surface area contributed by atoms with Gasteiger partial charge in [0.05, 0.1) is 7.11 Å². The maximum atomic E-state index is 5.24. The maximum absolute atomic E-state index is 5.24. The molecular formula is C14H24IN3O. The molecule has 19 heavy (non-hydrogen) atoms. The molecule has 2 N–H and O–H groups in total. The smallest absolute Gasteiger partial charge is 0.191 e. The molecule has 0 amide bonds. The largest absolute Gasteiger partial charge is 0.496 e. The molecule has 5 heteroatoms. The van der Waals surface area contributed by atoms with E-state index in [2.05, 4.69) is 34.7 Å². The van der Waals surface area contributed by atoms with Crippen molar-refractivity contribution in [1.29, 1.82) is 0 Å². The number of nitrogens with zero attached hydrogens (tertiary/aromatic N) is 1. The van der Waals surface area contributed by atoms with Crippen molar-refractivity contribution in [3.63, 3.8) is 0 Å². The van der Waals surface area contributed by atoms with Crippen LogP contribution in [0, 0.1) is 6.92 Å². The number of halogens is 1. The SMILES string of the molecule is CCCNC(=NC)NCc1ccc(OC)c(C)c1.I. The number of benzene rings is 1. The first-order valence-corrected chi connectivity index (χ1v) is 6.29. The minimum absolute atomic E-state index is 0. The monoisotopic (exact) mass is 377 g/mol. The molecule has 0 atom stereocenters. The van der Waals surface area contributed by atoms with Crippen molar-refractivity contribution in [3.8, 4) is 5.75 Å². The van der Waals surface area contributed by atoms with Gasteiger partial charge in [-0.05, 0) is 30.5 Å². The van der Waals surface area contributed by atoms with Crippen molar-refractivity contribution in [2.75, 3.05) is 20.7 Å². The highest BCUT2D eigenvalue weighted by Crippen LogP contribution is 2.18. The van der Waals surface area contributed by atoms with Gasteiger partial charge in [-0.25, -0.2) is 0 Å². The Morgan fingerprint density at radius 1 is 1.32 bits per heavy atom. The van der Waals surface area contributed by atoms with Gasteiger partial charge in [0, 0.05) is 20.1 Å². The molecule has 0 aliphatic rings. The van der Waals surface area contributed by atoms with Gasteiger partial charge in [0.1, 0.15) is 5.75 Å². The molecule has 0 aromatic heterocycles. The Balaban J connectivity index is 0.00000324. The Morgan fingerprint density at radius 3 is 2.58 bits per heavy atom. The van der Waals surface area contributed by atoms with Gasteiger partial charge in [0.15, 0.2) is 5.96 Å². The number of methoxy groups -OCH3 is 1. The molecule has 0 fully saturated rings. The number of guanidine groups is 1. The van der Waals surface area contributed by atoms with Crippen LogP contribution in [0.15, 0.2) is 23.2 Å². The minimum atomic E-state index is 0. The summed E-state index contributed by atoms with van der Waals surface area (Å²) in [4.78, 5) is 4.17. The lowest BCUT2D eigenvalue weighted by Crippen LogP contribution is -2.37. The van der Waals surface area contributed by atoms with E-state index >= 15 is 0 Å². The zero-order chi connectivity index (χ0) is 13.4. The summed E-state index contributed by atoms with van der Waals surface area (Å²) in [5, 5.41) is 6.52. The third-order valence-electron chi connectivity index (χ3n) is 2.69. The summed E-state index contributed by atoms with van der Waals surface area (Å²) in [6.07, 6.45) is 1.09. The van der Waals surface area contributed by atoms with Crippen molar-refractivity contribution in [3.05, 3.63) is 29.3 Å². The molecule has 0 saturated carbocycles. The van der Waals surface area contributed by atoms with Crippen LogP contribution in [0.25, 0.3) is 0 Å². The predicted molar refractivity (Wildman–Crippen MR) is 91.6 cm³/mol. The maximum Gasteiger partial charge on any atom is 0.191 e. The van der Waals surface area contributed by atoms with Gasteiger partial charge in [-0.15, -0.1) is 24.0 Å². The molecule has 1 aromatic carbocycles. The number of aryl methyl sites for hydroxylation is 1. The van der Waals surface area contributed by atoms with E-state index in [9.17, 15) is 0 Å². The van der Waals surface area contributed by atoms with E-state index in [0.29, 0.717) is 0 Å². The quantitative estimate of drug-likeness (QED) is 0.471. The van der Waals surface area contributed by atoms with E-state index in [-0.39, 0.29) is 24.0 Å². The molecule has 0 unspecified atom stereocenters. The van der Waals surface area contributed by atoms with Gasteiger partial charge in [-0.2, -0.15) is 0 Å². The second-order valence-corrected chi connectivity index (χ2v) is 4.16. The minimum Gasteiger partial charge on any atom is -0.496 e. The lowest BCUT2D eigenvalue weighted by atomic mass is 10.1. The first kappa shape index (κ1) is 18.0. The molecule has 0 saturated heterocycles. The zero-order valence-electron chi connectivity index (χ0n) is 12.1. The molecule has 0 radical (unpaired) electrons. The van der Waals surface area contributed by atoms with Gasteiger partial charge in [-0.1, -0.05) is 19.1 Å².